The molecule has 0 aliphatic rings. The lowest BCUT2D eigenvalue weighted by Crippen LogP contribution is -3.00. The number of pyridine rings is 1. The lowest BCUT2D eigenvalue weighted by Gasteiger charge is -1.97. The van der Waals surface area contributed by atoms with Crippen molar-refractivity contribution in [2.24, 2.45) is 0 Å². The van der Waals surface area contributed by atoms with Crippen molar-refractivity contribution < 1.29 is 31.1 Å². The largest absolute Gasteiger partial charge is 1.00 e. The molecule has 3 nitrogen and oxygen atoms in total. The molecule has 14 heavy (non-hydrogen) atoms. The Hall–Kier alpha value is -0.610. The van der Waals surface area contributed by atoms with Crippen LogP contribution >= 0.6 is 11.6 Å². The maximum Gasteiger partial charge on any atom is 0.602 e. The molecule has 0 aromatic carbocycles. The molecule has 78 valence electrons. The third kappa shape index (κ3) is 3.27. The van der Waals surface area contributed by atoms with E-state index in [1.165, 1.54) is 4.57 Å². The molecule has 0 spiro atoms. The van der Waals surface area contributed by atoms with Gasteiger partial charge >= 0.3 is 6.09 Å². The van der Waals surface area contributed by atoms with Crippen molar-refractivity contribution in [2.75, 3.05) is 6.61 Å². The van der Waals surface area contributed by atoms with Gasteiger partial charge in [0.1, 0.15) is 0 Å². The summed E-state index contributed by atoms with van der Waals surface area (Å²) in [6.45, 7) is 3.93. The average molecular weight is 281 g/mol. The Morgan fingerprint density at radius 3 is 2.79 bits per heavy atom. The zero-order valence-corrected chi connectivity index (χ0v) is 10.3. The highest BCUT2D eigenvalue weighted by Crippen LogP contribution is 2.05. The number of rotatable bonds is 1. The minimum atomic E-state index is -0.378. The van der Waals surface area contributed by atoms with Crippen LogP contribution in [-0.2, 0) is 4.74 Å². The Morgan fingerprint density at radius 1 is 1.64 bits per heavy atom. The first kappa shape index (κ1) is 13.4. The van der Waals surface area contributed by atoms with Crippen LogP contribution in [0.2, 0.25) is 5.02 Å². The molecular formula is C9H11BrClNO2. The molecule has 5 heteroatoms. The van der Waals surface area contributed by atoms with E-state index < -0.39 is 0 Å². The normalized spacial score (nSPS) is 9.07. The number of halogens is 2. The third-order valence-electron chi connectivity index (χ3n) is 1.57. The van der Waals surface area contributed by atoms with Crippen LogP contribution in [-0.4, -0.2) is 12.7 Å². The summed E-state index contributed by atoms with van der Waals surface area (Å²) in [5.41, 5.74) is 0.756. The highest BCUT2D eigenvalue weighted by Gasteiger charge is 2.18. The van der Waals surface area contributed by atoms with Gasteiger partial charge in [-0.3, -0.25) is 0 Å². The Morgan fingerprint density at radius 2 is 2.29 bits per heavy atom. The summed E-state index contributed by atoms with van der Waals surface area (Å²) in [6, 6.07) is 3.35. The molecular weight excluding hydrogens is 269 g/mol. The summed E-state index contributed by atoms with van der Waals surface area (Å²) in [4.78, 5) is 11.3. The van der Waals surface area contributed by atoms with Gasteiger partial charge in [-0.2, -0.15) is 4.79 Å². The summed E-state index contributed by atoms with van der Waals surface area (Å²) in [5.74, 6) is 0. The minimum Gasteiger partial charge on any atom is -1.00 e. The fraction of sp³-hybridized carbons (Fsp3) is 0.333. The van der Waals surface area contributed by atoms with Gasteiger partial charge in [-0.1, -0.05) is 16.2 Å². The Bertz CT molecular complexity index is 331. The van der Waals surface area contributed by atoms with E-state index in [-0.39, 0.29) is 23.1 Å². The van der Waals surface area contributed by atoms with Crippen LogP contribution in [0.3, 0.4) is 0 Å². The van der Waals surface area contributed by atoms with Crippen molar-refractivity contribution in [1.29, 1.82) is 0 Å². The molecule has 0 saturated carbocycles. The average Bonchev–Trinajstić information content (AvgIpc) is 2.04. The molecule has 0 fully saturated rings. The highest BCUT2D eigenvalue weighted by atomic mass is 79.9. The van der Waals surface area contributed by atoms with E-state index in [9.17, 15) is 4.79 Å². The van der Waals surface area contributed by atoms with Gasteiger partial charge in [0.2, 0.25) is 0 Å². The predicted molar refractivity (Wildman–Crippen MR) is 48.8 cm³/mol. The van der Waals surface area contributed by atoms with E-state index >= 15 is 0 Å². The zero-order chi connectivity index (χ0) is 9.84. The number of hydrogen-bond acceptors (Lipinski definition) is 2. The summed E-state index contributed by atoms with van der Waals surface area (Å²) < 4.78 is 6.24. The van der Waals surface area contributed by atoms with Crippen LogP contribution in [0.1, 0.15) is 12.6 Å². The lowest BCUT2D eigenvalue weighted by atomic mass is 10.4. The number of aromatic nitrogens is 1. The molecule has 0 amide bonds. The van der Waals surface area contributed by atoms with Crippen LogP contribution in [0.4, 0.5) is 4.79 Å². The van der Waals surface area contributed by atoms with Gasteiger partial charge in [-0.05, 0) is 6.92 Å². The van der Waals surface area contributed by atoms with Crippen molar-refractivity contribution in [3.05, 3.63) is 29.0 Å². The van der Waals surface area contributed by atoms with Crippen LogP contribution in [0.5, 0.6) is 0 Å². The summed E-state index contributed by atoms with van der Waals surface area (Å²) in [5, 5.41) is 0.609. The van der Waals surface area contributed by atoms with Gasteiger partial charge in [0.25, 0.3) is 0 Å². The lowest BCUT2D eigenvalue weighted by molar-refractivity contribution is -0.592. The zero-order valence-electron chi connectivity index (χ0n) is 7.96. The second-order valence-electron chi connectivity index (χ2n) is 2.56. The third-order valence-corrected chi connectivity index (χ3v) is 1.81. The summed E-state index contributed by atoms with van der Waals surface area (Å²) in [7, 11) is 0. The number of nitrogens with zero attached hydrogens (tertiary/aromatic N) is 1. The molecule has 1 rings (SSSR count). The molecule has 0 saturated heterocycles. The standard InChI is InChI=1S/C9H11ClNO2.BrH/c1-3-13-9(12)11-5-4-8(10)6-7(11)2;/h4-6H,3H2,1-2H3;1H/q+1;/p-1. The van der Waals surface area contributed by atoms with Crippen LogP contribution in [0.15, 0.2) is 18.3 Å². The molecule has 0 aliphatic carbocycles. The van der Waals surface area contributed by atoms with Gasteiger partial charge in [0.05, 0.1) is 11.6 Å². The van der Waals surface area contributed by atoms with Crippen molar-refractivity contribution in [2.45, 2.75) is 13.8 Å². The maximum absolute atomic E-state index is 11.3. The predicted octanol–water partition coefficient (Wildman–Crippen LogP) is -1.06. The fourth-order valence-electron chi connectivity index (χ4n) is 0.978. The number of aryl methyl sites for hydroxylation is 1. The van der Waals surface area contributed by atoms with Crippen molar-refractivity contribution in [1.82, 2.24) is 0 Å². The Kier molecular flexibility index (Phi) is 5.72. The Balaban J connectivity index is 0.00000169. The van der Waals surface area contributed by atoms with E-state index in [1.54, 1.807) is 32.2 Å². The number of carbonyl (C=O) groups excluding carboxylic acids is 1. The van der Waals surface area contributed by atoms with Crippen molar-refractivity contribution >= 4 is 17.7 Å². The topological polar surface area (TPSA) is 30.2 Å². The van der Waals surface area contributed by atoms with Gasteiger partial charge in [0.15, 0.2) is 11.9 Å². The van der Waals surface area contributed by atoms with E-state index in [0.29, 0.717) is 11.6 Å². The van der Waals surface area contributed by atoms with Crippen molar-refractivity contribution in [3.63, 3.8) is 0 Å². The molecule has 1 aromatic rings. The monoisotopic (exact) mass is 279 g/mol. The fourth-order valence-corrected chi connectivity index (χ4v) is 1.19. The second kappa shape index (κ2) is 5.98. The number of hydrogen-bond donors (Lipinski definition) is 0. The first-order chi connectivity index (χ1) is 6.15. The second-order valence-corrected chi connectivity index (χ2v) is 2.99. The van der Waals surface area contributed by atoms with Crippen LogP contribution < -0.4 is 21.5 Å². The van der Waals surface area contributed by atoms with Gasteiger partial charge in [-0.25, -0.2) is 0 Å². The summed E-state index contributed by atoms with van der Waals surface area (Å²) >= 11 is 5.73. The first-order valence-corrected chi connectivity index (χ1v) is 4.38. The van der Waals surface area contributed by atoms with Crippen molar-refractivity contribution in [3.8, 4) is 0 Å². The van der Waals surface area contributed by atoms with E-state index in [1.807, 2.05) is 0 Å². The summed E-state index contributed by atoms with van der Waals surface area (Å²) in [6.07, 6.45) is 1.21. The molecule has 0 bridgehead atoms. The molecule has 1 heterocycles. The maximum atomic E-state index is 11.3. The highest BCUT2D eigenvalue weighted by molar-refractivity contribution is 6.30. The number of ether oxygens (including phenoxy) is 1. The van der Waals surface area contributed by atoms with Gasteiger partial charge in [0, 0.05) is 19.1 Å². The quantitative estimate of drug-likeness (QED) is 0.614. The van der Waals surface area contributed by atoms with E-state index in [0.717, 1.165) is 5.69 Å². The van der Waals surface area contributed by atoms with E-state index in [2.05, 4.69) is 0 Å². The Labute approximate surface area is 98.4 Å². The van der Waals surface area contributed by atoms with Gasteiger partial charge < -0.3 is 21.7 Å². The van der Waals surface area contributed by atoms with E-state index in [4.69, 9.17) is 16.3 Å². The molecule has 0 N–H and O–H groups in total. The first-order valence-electron chi connectivity index (χ1n) is 4.00. The number of carbonyl (C=O) groups is 1. The molecule has 0 aliphatic heterocycles. The smallest absolute Gasteiger partial charge is 0.602 e. The van der Waals surface area contributed by atoms with Crippen LogP contribution in [0.25, 0.3) is 0 Å². The SMILES string of the molecule is CCOC(=O)[n+]1ccc(Cl)cc1C.[Br-]. The molecule has 0 radical (unpaired) electrons. The van der Waals surface area contributed by atoms with Gasteiger partial charge in [-0.15, -0.1) is 0 Å². The molecule has 1 aromatic heterocycles. The molecule has 0 unspecified atom stereocenters. The molecule has 0 atom stereocenters. The minimum absolute atomic E-state index is 0. The van der Waals surface area contributed by atoms with Crippen LogP contribution in [0, 0.1) is 6.92 Å².